The molecule has 1 rings (SSSR count). The zero-order chi connectivity index (χ0) is 15.9. The van der Waals surface area contributed by atoms with Gasteiger partial charge < -0.3 is 14.4 Å². The molecule has 4 nitrogen and oxygen atoms in total. The Labute approximate surface area is 129 Å². The molecule has 1 aliphatic rings. The summed E-state index contributed by atoms with van der Waals surface area (Å²) in [6.45, 7) is 10.2. The zero-order valence-electron chi connectivity index (χ0n) is 14.1. The third kappa shape index (κ3) is 6.98. The Morgan fingerprint density at radius 3 is 2.52 bits per heavy atom. The second-order valence-electron chi connectivity index (χ2n) is 6.85. The van der Waals surface area contributed by atoms with Crippen molar-refractivity contribution in [2.24, 2.45) is 0 Å². The molecule has 0 N–H and O–H groups in total. The largest absolute Gasteiger partial charge is 0.444 e. The normalized spacial score (nSPS) is 21.5. The van der Waals surface area contributed by atoms with Crippen LogP contribution < -0.4 is 0 Å². The van der Waals surface area contributed by atoms with Crippen LogP contribution in [0.4, 0.5) is 4.79 Å². The van der Waals surface area contributed by atoms with Crippen molar-refractivity contribution in [3.05, 3.63) is 12.7 Å². The minimum atomic E-state index is -0.434. The van der Waals surface area contributed by atoms with Crippen LogP contribution in [0.25, 0.3) is 0 Å². The first-order valence-electron chi connectivity index (χ1n) is 8.02. The van der Waals surface area contributed by atoms with E-state index in [4.69, 9.17) is 9.47 Å². The van der Waals surface area contributed by atoms with Gasteiger partial charge in [-0.15, -0.1) is 6.58 Å². The average Bonchev–Trinajstić information content (AvgIpc) is 2.32. The Hall–Kier alpha value is -1.03. The van der Waals surface area contributed by atoms with Gasteiger partial charge in [-0.25, -0.2) is 4.79 Å². The molecule has 1 saturated carbocycles. The number of carbonyl (C=O) groups is 1. The molecule has 1 fully saturated rings. The number of hydrogen-bond donors (Lipinski definition) is 0. The first-order chi connectivity index (χ1) is 9.83. The summed E-state index contributed by atoms with van der Waals surface area (Å²) in [5, 5.41) is 0. The van der Waals surface area contributed by atoms with Gasteiger partial charge in [-0.05, 0) is 52.9 Å². The lowest BCUT2D eigenvalue weighted by atomic mass is 9.88. The van der Waals surface area contributed by atoms with E-state index in [0.29, 0.717) is 6.10 Å². The lowest BCUT2D eigenvalue weighted by Crippen LogP contribution is -2.50. The Morgan fingerprint density at radius 2 is 1.95 bits per heavy atom. The number of unbranched alkanes of at least 4 members (excludes halogenated alkanes) is 3. The first kappa shape index (κ1) is 18.0. The molecule has 21 heavy (non-hydrogen) atoms. The summed E-state index contributed by atoms with van der Waals surface area (Å²) in [5.74, 6) is 0. The van der Waals surface area contributed by atoms with Gasteiger partial charge in [0.15, 0.2) is 0 Å². The maximum absolute atomic E-state index is 11.9. The number of nitrogens with zero attached hydrogens (tertiary/aromatic N) is 1. The van der Waals surface area contributed by atoms with E-state index in [-0.39, 0.29) is 12.1 Å². The summed E-state index contributed by atoms with van der Waals surface area (Å²) < 4.78 is 11.2. The molecule has 0 heterocycles. The topological polar surface area (TPSA) is 38.8 Å². The number of hydrogen-bond acceptors (Lipinski definition) is 3. The van der Waals surface area contributed by atoms with Crippen LogP contribution in [0.15, 0.2) is 12.7 Å². The molecule has 4 heteroatoms. The van der Waals surface area contributed by atoms with Gasteiger partial charge in [0, 0.05) is 19.7 Å². The third-order valence-corrected chi connectivity index (χ3v) is 3.71. The van der Waals surface area contributed by atoms with Gasteiger partial charge in [0.1, 0.15) is 5.60 Å². The summed E-state index contributed by atoms with van der Waals surface area (Å²) in [6, 6.07) is 0.255. The van der Waals surface area contributed by atoms with Gasteiger partial charge in [0.25, 0.3) is 0 Å². The predicted octanol–water partition coefficient (Wildman–Crippen LogP) is 4.15. The Kier molecular flexibility index (Phi) is 7.23. The molecule has 0 atom stereocenters. The third-order valence-electron chi connectivity index (χ3n) is 3.71. The van der Waals surface area contributed by atoms with Crippen molar-refractivity contribution < 1.29 is 14.3 Å². The molecule has 0 aromatic rings. The standard InChI is InChI=1S/C17H31NO3/c1-6-7-8-9-10-11-20-15-12-14(13-15)18(5)16(19)21-17(2,3)4/h6,14-15H,1,7-13H2,2-5H3. The Morgan fingerprint density at radius 1 is 1.29 bits per heavy atom. The molecule has 1 aliphatic carbocycles. The van der Waals surface area contributed by atoms with Crippen LogP contribution in [0.2, 0.25) is 0 Å². The zero-order valence-corrected chi connectivity index (χ0v) is 14.1. The van der Waals surface area contributed by atoms with Crippen molar-refractivity contribution in [1.29, 1.82) is 0 Å². The second kappa shape index (κ2) is 8.42. The summed E-state index contributed by atoms with van der Waals surface area (Å²) in [6.07, 6.45) is 8.45. The maximum atomic E-state index is 11.9. The molecular weight excluding hydrogens is 266 g/mol. The maximum Gasteiger partial charge on any atom is 0.410 e. The van der Waals surface area contributed by atoms with Gasteiger partial charge in [-0.1, -0.05) is 12.5 Å². The highest BCUT2D eigenvalue weighted by Gasteiger charge is 2.36. The smallest absolute Gasteiger partial charge is 0.410 e. The van der Waals surface area contributed by atoms with Crippen LogP contribution in [0.5, 0.6) is 0 Å². The van der Waals surface area contributed by atoms with Crippen molar-refractivity contribution in [2.75, 3.05) is 13.7 Å². The number of rotatable bonds is 8. The molecule has 0 radical (unpaired) electrons. The van der Waals surface area contributed by atoms with Gasteiger partial charge in [-0.3, -0.25) is 0 Å². The fourth-order valence-electron chi connectivity index (χ4n) is 2.29. The van der Waals surface area contributed by atoms with E-state index in [1.165, 1.54) is 12.8 Å². The van der Waals surface area contributed by atoms with E-state index in [1.807, 2.05) is 33.9 Å². The van der Waals surface area contributed by atoms with Gasteiger partial charge in [0.05, 0.1) is 6.10 Å². The molecule has 0 aromatic heterocycles. The van der Waals surface area contributed by atoms with Gasteiger partial charge >= 0.3 is 6.09 Å². The molecule has 1 amide bonds. The number of ether oxygens (including phenoxy) is 2. The van der Waals surface area contributed by atoms with Crippen molar-refractivity contribution >= 4 is 6.09 Å². The number of amides is 1. The minimum Gasteiger partial charge on any atom is -0.444 e. The highest BCUT2D eigenvalue weighted by atomic mass is 16.6. The van der Waals surface area contributed by atoms with Crippen LogP contribution >= 0.6 is 0 Å². The fraction of sp³-hybridized carbons (Fsp3) is 0.824. The fourth-order valence-corrected chi connectivity index (χ4v) is 2.29. The van der Waals surface area contributed by atoms with E-state index in [2.05, 4.69) is 6.58 Å². The van der Waals surface area contributed by atoms with E-state index in [9.17, 15) is 4.79 Å². The SMILES string of the molecule is C=CCCCCCOC1CC(N(C)C(=O)OC(C)(C)C)C1. The second-order valence-corrected chi connectivity index (χ2v) is 6.85. The lowest BCUT2D eigenvalue weighted by molar-refractivity contribution is -0.0518. The van der Waals surface area contributed by atoms with E-state index in [0.717, 1.165) is 32.3 Å². The molecule has 0 aromatic carbocycles. The monoisotopic (exact) mass is 297 g/mol. The van der Waals surface area contributed by atoms with Gasteiger partial charge in [0.2, 0.25) is 0 Å². The molecule has 122 valence electrons. The number of carbonyl (C=O) groups excluding carboxylic acids is 1. The first-order valence-corrected chi connectivity index (χ1v) is 8.02. The highest BCUT2D eigenvalue weighted by Crippen LogP contribution is 2.28. The summed E-state index contributed by atoms with van der Waals surface area (Å²) >= 11 is 0. The van der Waals surface area contributed by atoms with Gasteiger partial charge in [-0.2, -0.15) is 0 Å². The number of allylic oxidation sites excluding steroid dienone is 1. The summed E-state index contributed by atoms with van der Waals surface area (Å²) in [7, 11) is 1.81. The average molecular weight is 297 g/mol. The van der Waals surface area contributed by atoms with Crippen LogP contribution in [0.1, 0.15) is 59.3 Å². The van der Waals surface area contributed by atoms with E-state index >= 15 is 0 Å². The summed E-state index contributed by atoms with van der Waals surface area (Å²) in [4.78, 5) is 13.6. The lowest BCUT2D eigenvalue weighted by Gasteiger charge is -2.41. The van der Waals surface area contributed by atoms with Crippen LogP contribution in [0, 0.1) is 0 Å². The molecular formula is C17H31NO3. The van der Waals surface area contributed by atoms with Crippen molar-refractivity contribution in [2.45, 2.75) is 77.0 Å². The minimum absolute atomic E-state index is 0.240. The van der Waals surface area contributed by atoms with Crippen LogP contribution in [-0.4, -0.2) is 42.4 Å². The van der Waals surface area contributed by atoms with Crippen molar-refractivity contribution in [1.82, 2.24) is 4.90 Å². The molecule has 0 bridgehead atoms. The Bertz CT molecular complexity index is 329. The molecule has 0 aliphatic heterocycles. The molecule has 0 saturated heterocycles. The predicted molar refractivity (Wildman–Crippen MR) is 85.4 cm³/mol. The molecule has 0 spiro atoms. The van der Waals surface area contributed by atoms with Crippen LogP contribution in [-0.2, 0) is 9.47 Å². The van der Waals surface area contributed by atoms with Crippen molar-refractivity contribution in [3.63, 3.8) is 0 Å². The van der Waals surface area contributed by atoms with E-state index in [1.54, 1.807) is 4.90 Å². The highest BCUT2D eigenvalue weighted by molar-refractivity contribution is 5.68. The van der Waals surface area contributed by atoms with E-state index < -0.39 is 5.60 Å². The molecule has 0 unspecified atom stereocenters. The summed E-state index contributed by atoms with van der Waals surface area (Å²) in [5.41, 5.74) is -0.434. The Balaban J connectivity index is 2.09. The van der Waals surface area contributed by atoms with Crippen molar-refractivity contribution in [3.8, 4) is 0 Å². The quantitative estimate of drug-likeness (QED) is 0.499. The van der Waals surface area contributed by atoms with Crippen LogP contribution in [0.3, 0.4) is 0 Å².